The molecule has 0 aromatic carbocycles. The topological polar surface area (TPSA) is 26.0 Å². The van der Waals surface area contributed by atoms with Crippen LogP contribution in [0.15, 0.2) is 22.9 Å². The Labute approximate surface area is 106 Å². The summed E-state index contributed by atoms with van der Waals surface area (Å²) in [5, 5.41) is 4.14. The van der Waals surface area contributed by atoms with Crippen molar-refractivity contribution in [2.24, 2.45) is 5.73 Å². The van der Waals surface area contributed by atoms with E-state index in [4.69, 9.17) is 28.9 Å². The zero-order valence-corrected chi connectivity index (χ0v) is 10.9. The van der Waals surface area contributed by atoms with Crippen LogP contribution in [0, 0.1) is 0 Å². The zero-order valence-electron chi connectivity index (χ0n) is 7.74. The molecule has 5 heteroatoms. The van der Waals surface area contributed by atoms with E-state index in [1.54, 1.807) is 11.3 Å². The van der Waals surface area contributed by atoms with Gasteiger partial charge in [0.25, 0.3) is 0 Å². The Kier molecular flexibility index (Phi) is 3.69. The molecule has 1 unspecified atom stereocenters. The highest BCUT2D eigenvalue weighted by Gasteiger charge is 2.14. The maximum absolute atomic E-state index is 6.07. The third-order valence-corrected chi connectivity index (χ3v) is 4.37. The highest BCUT2D eigenvalue weighted by molar-refractivity contribution is 7.20. The third-order valence-electron chi connectivity index (χ3n) is 2.12. The van der Waals surface area contributed by atoms with Crippen LogP contribution in [0.3, 0.4) is 0 Å². The van der Waals surface area contributed by atoms with E-state index in [0.717, 1.165) is 12.0 Å². The molecule has 1 nitrogen and oxygen atoms in total. The van der Waals surface area contributed by atoms with E-state index in [1.807, 2.05) is 11.4 Å². The highest BCUT2D eigenvalue weighted by atomic mass is 35.5. The van der Waals surface area contributed by atoms with Gasteiger partial charge in [0.2, 0.25) is 0 Å². The molecule has 2 N–H and O–H groups in total. The van der Waals surface area contributed by atoms with E-state index >= 15 is 0 Å². The Morgan fingerprint density at radius 2 is 2.20 bits per heavy atom. The largest absolute Gasteiger partial charge is 0.324 e. The minimum absolute atomic E-state index is 0.0733. The molecule has 0 spiro atoms. The lowest BCUT2D eigenvalue weighted by atomic mass is 10.0. The normalized spacial score (nSPS) is 13.0. The van der Waals surface area contributed by atoms with E-state index in [1.165, 1.54) is 16.9 Å². The molecular weight excluding hydrogens is 269 g/mol. The molecule has 0 bridgehead atoms. The second kappa shape index (κ2) is 4.85. The van der Waals surface area contributed by atoms with Crippen LogP contribution in [0.1, 0.15) is 17.2 Å². The standard InChI is InChI=1S/C10H9Cl2NS2/c11-9-4-7(10(12)15-9)8(13)3-6-1-2-14-5-6/h1-2,4-5,8H,3,13H2. The van der Waals surface area contributed by atoms with Crippen LogP contribution in [0.2, 0.25) is 8.67 Å². The molecule has 2 rings (SSSR count). The molecule has 0 fully saturated rings. The minimum Gasteiger partial charge on any atom is -0.324 e. The van der Waals surface area contributed by atoms with Crippen LogP contribution < -0.4 is 5.73 Å². The summed E-state index contributed by atoms with van der Waals surface area (Å²) in [5.74, 6) is 0. The summed E-state index contributed by atoms with van der Waals surface area (Å²) in [4.78, 5) is 0. The van der Waals surface area contributed by atoms with Crippen molar-refractivity contribution in [3.63, 3.8) is 0 Å². The molecule has 0 aliphatic heterocycles. The maximum atomic E-state index is 6.07. The monoisotopic (exact) mass is 277 g/mol. The van der Waals surface area contributed by atoms with Gasteiger partial charge < -0.3 is 5.73 Å². The summed E-state index contributed by atoms with van der Waals surface area (Å²) in [6.45, 7) is 0. The SMILES string of the molecule is NC(Cc1ccsc1)c1cc(Cl)sc1Cl. The fourth-order valence-electron chi connectivity index (χ4n) is 1.38. The molecule has 2 aromatic rings. The molecule has 15 heavy (non-hydrogen) atoms. The summed E-state index contributed by atoms with van der Waals surface area (Å²) >= 11 is 14.9. The second-order valence-corrected chi connectivity index (χ2v) is 6.29. The van der Waals surface area contributed by atoms with Crippen molar-refractivity contribution in [1.29, 1.82) is 0 Å². The first-order valence-corrected chi connectivity index (χ1v) is 6.89. The molecule has 2 heterocycles. The smallest absolute Gasteiger partial charge is 0.0992 e. The number of thiophene rings is 2. The maximum Gasteiger partial charge on any atom is 0.0992 e. The lowest BCUT2D eigenvalue weighted by Gasteiger charge is -2.08. The van der Waals surface area contributed by atoms with E-state index in [2.05, 4.69) is 11.4 Å². The molecule has 0 saturated heterocycles. The third kappa shape index (κ3) is 2.74. The van der Waals surface area contributed by atoms with Crippen LogP contribution in [0.4, 0.5) is 0 Å². The van der Waals surface area contributed by atoms with Gasteiger partial charge in [0.1, 0.15) is 0 Å². The van der Waals surface area contributed by atoms with Crippen LogP contribution in [0.5, 0.6) is 0 Å². The van der Waals surface area contributed by atoms with Gasteiger partial charge in [-0.05, 0) is 34.9 Å². The van der Waals surface area contributed by atoms with Crippen molar-refractivity contribution >= 4 is 45.9 Å². The zero-order chi connectivity index (χ0) is 10.8. The Morgan fingerprint density at radius 1 is 1.40 bits per heavy atom. The molecule has 0 aliphatic rings. The Morgan fingerprint density at radius 3 is 2.73 bits per heavy atom. The van der Waals surface area contributed by atoms with Gasteiger partial charge in [-0.3, -0.25) is 0 Å². The van der Waals surface area contributed by atoms with Crippen molar-refractivity contribution in [3.8, 4) is 0 Å². The molecule has 0 amide bonds. The predicted molar refractivity (Wildman–Crippen MR) is 69.3 cm³/mol. The lowest BCUT2D eigenvalue weighted by Crippen LogP contribution is -2.12. The Hall–Kier alpha value is -0.0600. The van der Waals surface area contributed by atoms with Gasteiger partial charge in [0, 0.05) is 11.6 Å². The summed E-state index contributed by atoms with van der Waals surface area (Å²) in [6, 6.07) is 3.86. The van der Waals surface area contributed by atoms with Gasteiger partial charge in [-0.1, -0.05) is 23.2 Å². The van der Waals surface area contributed by atoms with Gasteiger partial charge in [-0.25, -0.2) is 0 Å². The van der Waals surface area contributed by atoms with Crippen molar-refractivity contribution < 1.29 is 0 Å². The van der Waals surface area contributed by atoms with Gasteiger partial charge in [-0.15, -0.1) is 11.3 Å². The van der Waals surface area contributed by atoms with Crippen molar-refractivity contribution in [1.82, 2.24) is 0 Å². The van der Waals surface area contributed by atoms with Crippen LogP contribution in [-0.4, -0.2) is 0 Å². The molecule has 80 valence electrons. The second-order valence-electron chi connectivity index (χ2n) is 3.22. The fourth-order valence-corrected chi connectivity index (χ4v) is 3.66. The fraction of sp³-hybridized carbons (Fsp3) is 0.200. The molecule has 2 aromatic heterocycles. The lowest BCUT2D eigenvalue weighted by molar-refractivity contribution is 0.727. The van der Waals surface area contributed by atoms with Crippen LogP contribution >= 0.6 is 45.9 Å². The van der Waals surface area contributed by atoms with Crippen molar-refractivity contribution in [2.45, 2.75) is 12.5 Å². The highest BCUT2D eigenvalue weighted by Crippen LogP contribution is 2.35. The summed E-state index contributed by atoms with van der Waals surface area (Å²) in [5.41, 5.74) is 8.25. The molecule has 1 atom stereocenters. The van der Waals surface area contributed by atoms with Crippen LogP contribution in [-0.2, 0) is 6.42 Å². The predicted octanol–water partition coefficient (Wildman–Crippen LogP) is 4.36. The molecule has 0 radical (unpaired) electrons. The van der Waals surface area contributed by atoms with E-state index in [9.17, 15) is 0 Å². The number of rotatable bonds is 3. The van der Waals surface area contributed by atoms with Gasteiger partial charge >= 0.3 is 0 Å². The average molecular weight is 278 g/mol. The van der Waals surface area contributed by atoms with Gasteiger partial charge in [0.15, 0.2) is 0 Å². The van der Waals surface area contributed by atoms with Gasteiger partial charge in [0.05, 0.1) is 8.67 Å². The van der Waals surface area contributed by atoms with Gasteiger partial charge in [-0.2, -0.15) is 11.3 Å². The summed E-state index contributed by atoms with van der Waals surface area (Å²) in [7, 11) is 0. The molecular formula is C10H9Cl2NS2. The number of nitrogens with two attached hydrogens (primary N) is 1. The Bertz CT molecular complexity index is 436. The number of halogens is 2. The molecule has 0 saturated carbocycles. The number of hydrogen-bond acceptors (Lipinski definition) is 3. The minimum atomic E-state index is -0.0733. The average Bonchev–Trinajstić information content (AvgIpc) is 2.75. The summed E-state index contributed by atoms with van der Waals surface area (Å²) < 4.78 is 1.39. The Balaban J connectivity index is 2.14. The van der Waals surface area contributed by atoms with Crippen molar-refractivity contribution in [2.75, 3.05) is 0 Å². The quantitative estimate of drug-likeness (QED) is 0.887. The van der Waals surface area contributed by atoms with Crippen LogP contribution in [0.25, 0.3) is 0 Å². The van der Waals surface area contributed by atoms with E-state index < -0.39 is 0 Å². The summed E-state index contributed by atoms with van der Waals surface area (Å²) in [6.07, 6.45) is 0.802. The van der Waals surface area contributed by atoms with E-state index in [0.29, 0.717) is 8.67 Å². The first-order chi connectivity index (χ1) is 7.16. The number of hydrogen-bond donors (Lipinski definition) is 1. The first-order valence-electron chi connectivity index (χ1n) is 4.38. The molecule has 0 aliphatic carbocycles. The first kappa shape index (κ1) is 11.4. The van der Waals surface area contributed by atoms with Crippen molar-refractivity contribution in [3.05, 3.63) is 42.7 Å². The van der Waals surface area contributed by atoms with E-state index in [-0.39, 0.29) is 6.04 Å².